The third kappa shape index (κ3) is 5.99. The molecule has 0 radical (unpaired) electrons. The van der Waals surface area contributed by atoms with Crippen LogP contribution in [0, 0.1) is 0 Å². The number of rotatable bonds is 7. The first-order chi connectivity index (χ1) is 10.4. The second-order valence-electron chi connectivity index (χ2n) is 5.39. The van der Waals surface area contributed by atoms with E-state index >= 15 is 0 Å². The first-order valence-electron chi connectivity index (χ1n) is 7.19. The number of ether oxygens (including phenoxy) is 2. The van der Waals surface area contributed by atoms with Crippen LogP contribution >= 0.6 is 0 Å². The Labute approximate surface area is 131 Å². The lowest BCUT2D eigenvalue weighted by Crippen LogP contribution is -2.41. The molecule has 1 amide bonds. The Morgan fingerprint density at radius 2 is 1.91 bits per heavy atom. The normalized spacial score (nSPS) is 12.9. The van der Waals surface area contributed by atoms with E-state index in [1.165, 1.54) is 0 Å². The predicted octanol–water partition coefficient (Wildman–Crippen LogP) is 2.85. The van der Waals surface area contributed by atoms with Crippen LogP contribution in [0.3, 0.4) is 0 Å². The predicted molar refractivity (Wildman–Crippen MR) is 84.5 cm³/mol. The van der Waals surface area contributed by atoms with E-state index in [1.54, 1.807) is 20.8 Å². The van der Waals surface area contributed by atoms with Gasteiger partial charge in [-0.1, -0.05) is 36.9 Å². The van der Waals surface area contributed by atoms with Gasteiger partial charge in [0.15, 0.2) is 0 Å². The van der Waals surface area contributed by atoms with Gasteiger partial charge in [-0.2, -0.15) is 0 Å². The lowest BCUT2D eigenvalue weighted by Gasteiger charge is -2.29. The highest BCUT2D eigenvalue weighted by atomic mass is 16.6. The van der Waals surface area contributed by atoms with Crippen LogP contribution in [0.2, 0.25) is 0 Å². The van der Waals surface area contributed by atoms with E-state index in [9.17, 15) is 9.59 Å². The molecule has 0 spiro atoms. The molecule has 5 heteroatoms. The van der Waals surface area contributed by atoms with Gasteiger partial charge in [0.05, 0.1) is 0 Å². The molecule has 0 saturated carbocycles. The fourth-order valence-electron chi connectivity index (χ4n) is 1.87. The number of hydrogen-bond donors (Lipinski definition) is 1. The molecule has 0 aliphatic rings. The Kier molecular flexibility index (Phi) is 6.63. The summed E-state index contributed by atoms with van der Waals surface area (Å²) in [5.41, 5.74) is 0.332. The summed E-state index contributed by atoms with van der Waals surface area (Å²) >= 11 is 0. The summed E-state index contributed by atoms with van der Waals surface area (Å²) in [7, 11) is 0. The molecule has 1 rings (SSSR count). The van der Waals surface area contributed by atoms with Crippen molar-refractivity contribution in [1.82, 2.24) is 5.32 Å². The lowest BCUT2D eigenvalue weighted by molar-refractivity contribution is -0.157. The third-order valence-corrected chi connectivity index (χ3v) is 2.94. The van der Waals surface area contributed by atoms with Crippen molar-refractivity contribution in [3.63, 3.8) is 0 Å². The van der Waals surface area contributed by atoms with Crippen LogP contribution in [0.4, 0.5) is 4.79 Å². The fraction of sp³-hybridized carbons (Fsp3) is 0.412. The van der Waals surface area contributed by atoms with Crippen molar-refractivity contribution in [3.8, 4) is 0 Å². The molecule has 1 atom stereocenters. The summed E-state index contributed by atoms with van der Waals surface area (Å²) in [5.74, 6) is -0.502. The highest BCUT2D eigenvalue weighted by molar-refractivity contribution is 5.87. The molecule has 1 unspecified atom stereocenters. The van der Waals surface area contributed by atoms with Crippen molar-refractivity contribution in [2.45, 2.75) is 32.8 Å². The Bertz CT molecular complexity index is 527. The molecule has 1 N–H and O–H groups in total. The number of benzene rings is 1. The molecule has 5 nitrogen and oxygen atoms in total. The minimum Gasteiger partial charge on any atom is -0.452 e. The summed E-state index contributed by atoms with van der Waals surface area (Å²) in [6.45, 7) is 9.13. The molecule has 1 aromatic carbocycles. The van der Waals surface area contributed by atoms with E-state index < -0.39 is 17.7 Å². The minimum atomic E-state index is -0.956. The van der Waals surface area contributed by atoms with E-state index in [1.807, 2.05) is 30.3 Å². The lowest BCUT2D eigenvalue weighted by atomic mass is 9.97. The van der Waals surface area contributed by atoms with Gasteiger partial charge in [0.25, 0.3) is 0 Å². The molecule has 0 fully saturated rings. The van der Waals surface area contributed by atoms with Crippen LogP contribution in [-0.4, -0.2) is 30.8 Å². The molecule has 1 aromatic rings. The summed E-state index contributed by atoms with van der Waals surface area (Å²) < 4.78 is 10.6. The number of nitrogens with one attached hydrogen (secondary N) is 1. The zero-order chi connectivity index (χ0) is 16.6. The van der Waals surface area contributed by atoms with Gasteiger partial charge in [-0.15, -0.1) is 0 Å². The summed E-state index contributed by atoms with van der Waals surface area (Å²) in [6, 6.07) is 9.58. The number of carbonyl (C=O) groups excluding carboxylic acids is 2. The van der Waals surface area contributed by atoms with E-state index in [0.717, 1.165) is 5.56 Å². The Morgan fingerprint density at radius 3 is 2.45 bits per heavy atom. The number of hydrogen-bond acceptors (Lipinski definition) is 4. The Hall–Kier alpha value is -2.30. The van der Waals surface area contributed by atoms with E-state index in [4.69, 9.17) is 9.47 Å². The van der Waals surface area contributed by atoms with Gasteiger partial charge < -0.3 is 14.8 Å². The first-order valence-corrected chi connectivity index (χ1v) is 7.19. The molecule has 120 valence electrons. The van der Waals surface area contributed by atoms with Crippen LogP contribution in [0.15, 0.2) is 42.5 Å². The van der Waals surface area contributed by atoms with E-state index in [2.05, 4.69) is 11.9 Å². The van der Waals surface area contributed by atoms with Gasteiger partial charge in [0, 0.05) is 18.5 Å². The third-order valence-electron chi connectivity index (χ3n) is 2.94. The average Bonchev–Trinajstić information content (AvgIpc) is 2.46. The van der Waals surface area contributed by atoms with Crippen LogP contribution in [0.1, 0.15) is 26.3 Å². The Morgan fingerprint density at radius 1 is 1.27 bits per heavy atom. The van der Waals surface area contributed by atoms with Crippen molar-refractivity contribution in [1.29, 1.82) is 0 Å². The number of carbonyl (C=O) groups is 2. The summed E-state index contributed by atoms with van der Waals surface area (Å²) in [5, 5.41) is 2.54. The van der Waals surface area contributed by atoms with Crippen LogP contribution in [-0.2, 0) is 20.7 Å². The zero-order valence-corrected chi connectivity index (χ0v) is 13.3. The molecule has 0 aliphatic carbocycles. The molecule has 0 heterocycles. The van der Waals surface area contributed by atoms with Crippen LogP contribution in [0.5, 0.6) is 0 Å². The number of esters is 1. The van der Waals surface area contributed by atoms with Gasteiger partial charge >= 0.3 is 12.1 Å². The van der Waals surface area contributed by atoms with Gasteiger partial charge in [0.2, 0.25) is 0 Å². The van der Waals surface area contributed by atoms with E-state index in [-0.39, 0.29) is 6.61 Å². The molecule has 0 bridgehead atoms. The first kappa shape index (κ1) is 17.8. The maximum atomic E-state index is 11.8. The molecular weight excluding hydrogens is 282 g/mol. The largest absolute Gasteiger partial charge is 0.452 e. The van der Waals surface area contributed by atoms with Gasteiger partial charge in [-0.05, 0) is 26.3 Å². The Balaban J connectivity index is 2.81. The second-order valence-corrected chi connectivity index (χ2v) is 5.39. The number of alkyl carbamates (subject to hydrolysis) is 1. The van der Waals surface area contributed by atoms with Crippen molar-refractivity contribution in [2.75, 3.05) is 13.2 Å². The quantitative estimate of drug-likeness (QED) is 0.621. The standard InChI is InChI=1S/C17H23NO4/c1-5-18-16(20)21-12-17(4,22-15(19)13(2)3)11-14-9-7-6-8-10-14/h6-10H,2,5,11-12H2,1,3-4H3,(H,18,20). The van der Waals surface area contributed by atoms with Crippen molar-refractivity contribution in [2.24, 2.45) is 0 Å². The molecule has 0 aromatic heterocycles. The second kappa shape index (κ2) is 8.22. The topological polar surface area (TPSA) is 64.6 Å². The molecular formula is C17H23NO4. The van der Waals surface area contributed by atoms with Crippen molar-refractivity contribution < 1.29 is 19.1 Å². The zero-order valence-electron chi connectivity index (χ0n) is 13.3. The maximum absolute atomic E-state index is 11.8. The van der Waals surface area contributed by atoms with Gasteiger partial charge in [-0.25, -0.2) is 9.59 Å². The molecule has 22 heavy (non-hydrogen) atoms. The monoisotopic (exact) mass is 305 g/mol. The minimum absolute atomic E-state index is 0.0350. The summed E-state index contributed by atoms with van der Waals surface area (Å²) in [4.78, 5) is 23.3. The summed E-state index contributed by atoms with van der Waals surface area (Å²) in [6.07, 6.45) is -0.0973. The van der Waals surface area contributed by atoms with Crippen LogP contribution < -0.4 is 5.32 Å². The fourth-order valence-corrected chi connectivity index (χ4v) is 1.87. The van der Waals surface area contributed by atoms with Crippen molar-refractivity contribution in [3.05, 3.63) is 48.0 Å². The van der Waals surface area contributed by atoms with Crippen molar-refractivity contribution >= 4 is 12.1 Å². The highest BCUT2D eigenvalue weighted by Gasteiger charge is 2.31. The van der Waals surface area contributed by atoms with Crippen LogP contribution in [0.25, 0.3) is 0 Å². The molecule has 0 aliphatic heterocycles. The number of amides is 1. The average molecular weight is 305 g/mol. The maximum Gasteiger partial charge on any atom is 0.407 e. The van der Waals surface area contributed by atoms with E-state index in [0.29, 0.717) is 18.5 Å². The molecule has 0 saturated heterocycles. The SMILES string of the molecule is C=C(C)C(=O)OC(C)(COC(=O)NCC)Cc1ccccc1. The highest BCUT2D eigenvalue weighted by Crippen LogP contribution is 2.20. The van der Waals surface area contributed by atoms with Gasteiger partial charge in [-0.3, -0.25) is 0 Å². The smallest absolute Gasteiger partial charge is 0.407 e. The van der Waals surface area contributed by atoms with Gasteiger partial charge in [0.1, 0.15) is 12.2 Å².